The molecule has 1 fully saturated rings. The molecule has 33 heavy (non-hydrogen) atoms. The van der Waals surface area contributed by atoms with E-state index in [4.69, 9.17) is 0 Å². The van der Waals surface area contributed by atoms with Crippen LogP contribution in [0.1, 0.15) is 17.5 Å². The summed E-state index contributed by atoms with van der Waals surface area (Å²) in [6, 6.07) is 14.3. The first-order chi connectivity index (χ1) is 15.9. The van der Waals surface area contributed by atoms with Gasteiger partial charge in [0.15, 0.2) is 0 Å². The van der Waals surface area contributed by atoms with Gasteiger partial charge in [-0.1, -0.05) is 42.5 Å². The maximum Gasteiger partial charge on any atom is 0.331 e. The number of aryl methyl sites for hydroxylation is 1. The Morgan fingerprint density at radius 2 is 1.76 bits per heavy atom. The summed E-state index contributed by atoms with van der Waals surface area (Å²) in [4.78, 5) is 41.2. The number of hydrazine groups is 1. The predicted octanol–water partition coefficient (Wildman–Crippen LogP) is 2.00. The highest BCUT2D eigenvalue weighted by Crippen LogP contribution is 2.26. The van der Waals surface area contributed by atoms with Crippen molar-refractivity contribution in [1.29, 1.82) is 0 Å². The number of amides is 4. The van der Waals surface area contributed by atoms with Crippen LogP contribution in [0.15, 0.2) is 66.5 Å². The number of carbonyl (C=O) groups is 3. The largest absolute Gasteiger partial charge is 0.355 e. The molecule has 9 heteroatoms. The average molecular weight is 452 g/mol. The SMILES string of the molecule is CN1C=C2C(N1)C(=O)N(Cc1ccc(F)cc1)C(=O)N2CC(=O)NCCCc1ccccc1. The third-order valence-corrected chi connectivity index (χ3v) is 5.60. The van der Waals surface area contributed by atoms with Gasteiger partial charge < -0.3 is 10.3 Å². The van der Waals surface area contributed by atoms with Gasteiger partial charge in [0.1, 0.15) is 18.4 Å². The predicted molar refractivity (Wildman–Crippen MR) is 120 cm³/mol. The van der Waals surface area contributed by atoms with E-state index in [1.165, 1.54) is 34.7 Å². The Kier molecular flexibility index (Phi) is 6.69. The van der Waals surface area contributed by atoms with Crippen LogP contribution in [-0.4, -0.2) is 58.8 Å². The van der Waals surface area contributed by atoms with E-state index in [1.807, 2.05) is 30.3 Å². The van der Waals surface area contributed by atoms with Crippen molar-refractivity contribution in [2.75, 3.05) is 20.1 Å². The number of benzene rings is 2. The molecule has 2 N–H and O–H groups in total. The van der Waals surface area contributed by atoms with E-state index in [1.54, 1.807) is 18.3 Å². The minimum absolute atomic E-state index is 0.0116. The van der Waals surface area contributed by atoms with Crippen LogP contribution in [0.25, 0.3) is 0 Å². The van der Waals surface area contributed by atoms with Crippen LogP contribution in [0.2, 0.25) is 0 Å². The number of halogens is 1. The normalized spacial score (nSPS) is 17.8. The monoisotopic (exact) mass is 451 g/mol. The quantitative estimate of drug-likeness (QED) is 0.600. The fourth-order valence-corrected chi connectivity index (χ4v) is 3.93. The molecule has 2 heterocycles. The van der Waals surface area contributed by atoms with Crippen molar-refractivity contribution in [3.05, 3.63) is 83.4 Å². The van der Waals surface area contributed by atoms with Crippen LogP contribution >= 0.6 is 0 Å². The third-order valence-electron chi connectivity index (χ3n) is 5.60. The molecule has 2 aromatic rings. The molecule has 8 nitrogen and oxygen atoms in total. The van der Waals surface area contributed by atoms with Crippen molar-refractivity contribution >= 4 is 17.8 Å². The van der Waals surface area contributed by atoms with Crippen molar-refractivity contribution in [3.63, 3.8) is 0 Å². The summed E-state index contributed by atoms with van der Waals surface area (Å²) in [5.74, 6) is -1.12. The Balaban J connectivity index is 1.40. The molecule has 172 valence electrons. The molecule has 0 bridgehead atoms. The molecule has 0 aromatic heterocycles. The molecule has 1 atom stereocenters. The van der Waals surface area contributed by atoms with Crippen molar-refractivity contribution in [3.8, 4) is 0 Å². The van der Waals surface area contributed by atoms with E-state index < -0.39 is 23.8 Å². The van der Waals surface area contributed by atoms with Gasteiger partial charge >= 0.3 is 6.03 Å². The summed E-state index contributed by atoms with van der Waals surface area (Å²) in [7, 11) is 1.72. The minimum atomic E-state index is -0.765. The zero-order valence-electron chi connectivity index (χ0n) is 18.3. The van der Waals surface area contributed by atoms with E-state index in [2.05, 4.69) is 10.7 Å². The van der Waals surface area contributed by atoms with Crippen LogP contribution in [0.5, 0.6) is 0 Å². The molecular weight excluding hydrogens is 425 g/mol. The highest BCUT2D eigenvalue weighted by atomic mass is 19.1. The number of nitrogens with one attached hydrogen (secondary N) is 2. The number of carbonyl (C=O) groups excluding carboxylic acids is 3. The fraction of sp³-hybridized carbons (Fsp3) is 0.292. The van der Waals surface area contributed by atoms with Crippen LogP contribution in [0, 0.1) is 5.82 Å². The number of urea groups is 1. The second-order valence-corrected chi connectivity index (χ2v) is 8.09. The van der Waals surface area contributed by atoms with Crippen molar-refractivity contribution < 1.29 is 18.8 Å². The Morgan fingerprint density at radius 1 is 1.03 bits per heavy atom. The maximum atomic E-state index is 13.2. The highest BCUT2D eigenvalue weighted by molar-refractivity contribution is 6.04. The van der Waals surface area contributed by atoms with E-state index in [0.29, 0.717) is 17.8 Å². The Bertz CT molecular complexity index is 1060. The minimum Gasteiger partial charge on any atom is -0.355 e. The van der Waals surface area contributed by atoms with E-state index in [0.717, 1.165) is 17.7 Å². The van der Waals surface area contributed by atoms with Crippen LogP contribution in [0.4, 0.5) is 9.18 Å². The number of imide groups is 1. The number of hydrogen-bond acceptors (Lipinski definition) is 5. The molecule has 0 saturated carbocycles. The first-order valence-corrected chi connectivity index (χ1v) is 10.8. The van der Waals surface area contributed by atoms with Gasteiger partial charge in [0.2, 0.25) is 5.91 Å². The fourth-order valence-electron chi connectivity index (χ4n) is 3.93. The molecule has 4 amide bonds. The maximum absolute atomic E-state index is 13.2. The Labute approximate surface area is 191 Å². The molecule has 2 aliphatic rings. The van der Waals surface area contributed by atoms with Gasteiger partial charge in [0, 0.05) is 19.8 Å². The van der Waals surface area contributed by atoms with Gasteiger partial charge in [0.25, 0.3) is 5.91 Å². The van der Waals surface area contributed by atoms with Crippen molar-refractivity contribution in [2.24, 2.45) is 0 Å². The first-order valence-electron chi connectivity index (χ1n) is 10.8. The summed E-state index contributed by atoms with van der Waals surface area (Å²) in [6.07, 6.45) is 3.25. The van der Waals surface area contributed by atoms with E-state index in [-0.39, 0.29) is 19.0 Å². The summed E-state index contributed by atoms with van der Waals surface area (Å²) in [5.41, 5.74) is 5.23. The number of nitrogens with zero attached hydrogens (tertiary/aromatic N) is 3. The molecule has 0 radical (unpaired) electrons. The highest BCUT2D eigenvalue weighted by Gasteiger charge is 2.46. The third kappa shape index (κ3) is 5.20. The Hall–Kier alpha value is -3.72. The number of hydrogen-bond donors (Lipinski definition) is 2. The van der Waals surface area contributed by atoms with Crippen LogP contribution in [-0.2, 0) is 22.6 Å². The Morgan fingerprint density at radius 3 is 2.48 bits per heavy atom. The second kappa shape index (κ2) is 9.83. The van der Waals surface area contributed by atoms with Crippen molar-refractivity contribution in [1.82, 2.24) is 25.6 Å². The van der Waals surface area contributed by atoms with E-state index in [9.17, 15) is 18.8 Å². The molecule has 1 saturated heterocycles. The summed E-state index contributed by atoms with van der Waals surface area (Å²) in [6.45, 7) is 0.270. The smallest absolute Gasteiger partial charge is 0.331 e. The molecule has 0 spiro atoms. The van der Waals surface area contributed by atoms with Gasteiger partial charge in [-0.05, 0) is 36.1 Å². The molecule has 4 rings (SSSR count). The van der Waals surface area contributed by atoms with Gasteiger partial charge in [-0.2, -0.15) is 0 Å². The van der Waals surface area contributed by atoms with E-state index >= 15 is 0 Å². The topological polar surface area (TPSA) is 85.0 Å². The van der Waals surface area contributed by atoms with Crippen molar-refractivity contribution in [2.45, 2.75) is 25.4 Å². The van der Waals surface area contributed by atoms with Gasteiger partial charge in [-0.25, -0.2) is 14.6 Å². The zero-order chi connectivity index (χ0) is 23.4. The average Bonchev–Trinajstić information content (AvgIpc) is 3.21. The molecule has 2 aromatic carbocycles. The lowest BCUT2D eigenvalue weighted by Crippen LogP contribution is -2.61. The summed E-state index contributed by atoms with van der Waals surface area (Å²) in [5, 5.41) is 4.45. The second-order valence-electron chi connectivity index (χ2n) is 8.09. The lowest BCUT2D eigenvalue weighted by molar-refractivity contribution is -0.134. The zero-order valence-corrected chi connectivity index (χ0v) is 18.3. The number of rotatable bonds is 8. The molecular formula is C24H26FN5O3. The summed E-state index contributed by atoms with van der Waals surface area (Å²) < 4.78 is 13.2. The summed E-state index contributed by atoms with van der Waals surface area (Å²) >= 11 is 0. The standard InChI is InChI=1S/C24H26FN5O3/c1-28-15-20-22(27-28)23(32)30(14-18-9-11-19(25)12-10-18)24(33)29(20)16-21(31)26-13-5-8-17-6-3-2-4-7-17/h2-4,6-7,9-12,15,22,27H,5,8,13-14,16H2,1H3,(H,26,31). The van der Waals surface area contributed by atoms with Crippen LogP contribution in [0.3, 0.4) is 0 Å². The van der Waals surface area contributed by atoms with Gasteiger partial charge in [-0.15, -0.1) is 0 Å². The van der Waals surface area contributed by atoms with Gasteiger partial charge in [-0.3, -0.25) is 19.4 Å². The molecule has 0 aliphatic carbocycles. The first kappa shape index (κ1) is 22.5. The number of fused-ring (bicyclic) bond motifs is 1. The molecule has 1 unspecified atom stereocenters. The molecule has 2 aliphatic heterocycles. The van der Waals surface area contributed by atoms with Gasteiger partial charge in [0.05, 0.1) is 12.2 Å². The van der Waals surface area contributed by atoms with Crippen LogP contribution < -0.4 is 10.7 Å². The lowest BCUT2D eigenvalue weighted by atomic mass is 10.1. The lowest BCUT2D eigenvalue weighted by Gasteiger charge is -2.37.